The Morgan fingerprint density at radius 3 is 2.59 bits per heavy atom. The van der Waals surface area contributed by atoms with Gasteiger partial charge in [0, 0.05) is 37.5 Å². The van der Waals surface area contributed by atoms with E-state index in [9.17, 15) is 4.79 Å². The number of methoxy groups -OCH3 is 1. The Bertz CT molecular complexity index is 706. The Kier molecular flexibility index (Phi) is 6.51. The number of aromatic nitrogens is 1. The molecule has 0 spiro atoms. The van der Waals surface area contributed by atoms with E-state index in [4.69, 9.17) is 9.47 Å². The predicted molar refractivity (Wildman–Crippen MR) is 105 cm³/mol. The Morgan fingerprint density at radius 1 is 1.37 bits per heavy atom. The second-order valence-corrected chi connectivity index (χ2v) is 7.70. The van der Waals surface area contributed by atoms with Gasteiger partial charge >= 0.3 is 6.09 Å². The van der Waals surface area contributed by atoms with Gasteiger partial charge in [0.15, 0.2) is 5.96 Å². The van der Waals surface area contributed by atoms with Crippen molar-refractivity contribution in [3.63, 3.8) is 0 Å². The second kappa shape index (κ2) is 8.45. The lowest BCUT2D eigenvalue weighted by Gasteiger charge is -2.40. The summed E-state index contributed by atoms with van der Waals surface area (Å²) in [6, 6.07) is 0.144. The first-order chi connectivity index (χ1) is 12.6. The van der Waals surface area contributed by atoms with Gasteiger partial charge in [-0.3, -0.25) is 9.98 Å². The van der Waals surface area contributed by atoms with Crippen molar-refractivity contribution in [3.05, 3.63) is 23.0 Å². The molecule has 0 unspecified atom stereocenters. The number of nitrogens with one attached hydrogen (secondary N) is 2. The fourth-order valence-corrected chi connectivity index (χ4v) is 2.85. The summed E-state index contributed by atoms with van der Waals surface area (Å²) >= 11 is 0. The third-order valence-corrected chi connectivity index (χ3v) is 4.27. The van der Waals surface area contributed by atoms with E-state index in [1.165, 1.54) is 0 Å². The molecule has 0 aliphatic carbocycles. The molecular formula is C19H31N5O3. The molecule has 0 aromatic carbocycles. The third kappa shape index (κ3) is 5.48. The van der Waals surface area contributed by atoms with Gasteiger partial charge in [0.25, 0.3) is 0 Å². The van der Waals surface area contributed by atoms with Crippen molar-refractivity contribution in [2.45, 2.75) is 52.8 Å². The molecule has 0 atom stereocenters. The lowest BCUT2D eigenvalue weighted by atomic mass is 10.1. The van der Waals surface area contributed by atoms with E-state index in [1.807, 2.05) is 40.8 Å². The van der Waals surface area contributed by atoms with Gasteiger partial charge in [-0.1, -0.05) is 0 Å². The van der Waals surface area contributed by atoms with E-state index in [1.54, 1.807) is 19.1 Å². The molecule has 1 fully saturated rings. The zero-order valence-electron chi connectivity index (χ0n) is 17.3. The molecule has 1 aromatic heterocycles. The molecule has 1 amide bonds. The van der Waals surface area contributed by atoms with Gasteiger partial charge in [0.2, 0.25) is 0 Å². The standard InChI is InChI=1S/C19H31N5O3/c1-12-8-21-15(13(2)16(12)26-7)9-22-17(20-6)23-14-10-24(11-14)18(25)27-19(3,4)5/h8,14H,9-11H2,1-7H3,(H2,20,22,23). The summed E-state index contributed by atoms with van der Waals surface area (Å²) < 4.78 is 10.8. The molecule has 27 heavy (non-hydrogen) atoms. The number of carbonyl (C=O) groups excluding carboxylic acids is 1. The summed E-state index contributed by atoms with van der Waals surface area (Å²) in [4.78, 5) is 22.4. The van der Waals surface area contributed by atoms with Crippen LogP contribution < -0.4 is 15.4 Å². The summed E-state index contributed by atoms with van der Waals surface area (Å²) in [6.07, 6.45) is 1.53. The zero-order valence-corrected chi connectivity index (χ0v) is 17.3. The lowest BCUT2D eigenvalue weighted by Crippen LogP contribution is -2.63. The molecule has 0 radical (unpaired) electrons. The average Bonchev–Trinajstić information content (AvgIpc) is 2.53. The summed E-state index contributed by atoms with van der Waals surface area (Å²) in [5.41, 5.74) is 2.45. The van der Waals surface area contributed by atoms with Gasteiger partial charge in [-0.25, -0.2) is 4.79 Å². The minimum Gasteiger partial charge on any atom is -0.496 e. The number of likely N-dealkylation sites (tertiary alicyclic amines) is 1. The number of carbonyl (C=O) groups is 1. The molecule has 1 saturated heterocycles. The lowest BCUT2D eigenvalue weighted by molar-refractivity contribution is 0.00701. The number of pyridine rings is 1. The van der Waals surface area contributed by atoms with E-state index >= 15 is 0 Å². The van der Waals surface area contributed by atoms with Crippen LogP contribution in [-0.2, 0) is 11.3 Å². The molecule has 150 valence electrons. The smallest absolute Gasteiger partial charge is 0.410 e. The topological polar surface area (TPSA) is 88.1 Å². The van der Waals surface area contributed by atoms with Crippen LogP contribution in [-0.4, -0.2) is 60.8 Å². The van der Waals surface area contributed by atoms with Crippen molar-refractivity contribution in [2.24, 2.45) is 4.99 Å². The van der Waals surface area contributed by atoms with Crippen LogP contribution in [0.2, 0.25) is 0 Å². The number of aliphatic imine (C=N–C) groups is 1. The monoisotopic (exact) mass is 377 g/mol. The summed E-state index contributed by atoms with van der Waals surface area (Å²) in [5, 5.41) is 6.58. The minimum absolute atomic E-state index is 0.144. The molecule has 1 aliphatic heterocycles. The number of nitrogens with zero attached hydrogens (tertiary/aromatic N) is 3. The van der Waals surface area contributed by atoms with Crippen molar-refractivity contribution >= 4 is 12.1 Å². The van der Waals surface area contributed by atoms with E-state index in [-0.39, 0.29) is 12.1 Å². The van der Waals surface area contributed by atoms with E-state index in [0.29, 0.717) is 25.6 Å². The highest BCUT2D eigenvalue weighted by atomic mass is 16.6. The van der Waals surface area contributed by atoms with E-state index < -0.39 is 5.60 Å². The van der Waals surface area contributed by atoms with Crippen LogP contribution in [0.1, 0.15) is 37.6 Å². The Hall–Kier alpha value is -2.51. The number of guanidine groups is 1. The molecule has 8 heteroatoms. The number of hydrogen-bond donors (Lipinski definition) is 2. The van der Waals surface area contributed by atoms with Crippen LogP contribution >= 0.6 is 0 Å². The maximum Gasteiger partial charge on any atom is 0.410 e. The first-order valence-electron chi connectivity index (χ1n) is 9.08. The van der Waals surface area contributed by atoms with Gasteiger partial charge in [-0.2, -0.15) is 0 Å². The highest BCUT2D eigenvalue weighted by molar-refractivity contribution is 5.80. The van der Waals surface area contributed by atoms with Crippen LogP contribution in [0.15, 0.2) is 11.2 Å². The van der Waals surface area contributed by atoms with Gasteiger partial charge in [0.05, 0.1) is 25.4 Å². The zero-order chi connectivity index (χ0) is 20.2. The van der Waals surface area contributed by atoms with Crippen LogP contribution in [0.4, 0.5) is 4.79 Å². The highest BCUT2D eigenvalue weighted by Crippen LogP contribution is 2.23. The largest absolute Gasteiger partial charge is 0.496 e. The third-order valence-electron chi connectivity index (χ3n) is 4.27. The van der Waals surface area contributed by atoms with Crippen molar-refractivity contribution in [2.75, 3.05) is 27.2 Å². The van der Waals surface area contributed by atoms with Crippen molar-refractivity contribution < 1.29 is 14.3 Å². The average molecular weight is 377 g/mol. The number of aryl methyl sites for hydroxylation is 1. The predicted octanol–water partition coefficient (Wildman–Crippen LogP) is 1.99. The van der Waals surface area contributed by atoms with Gasteiger partial charge in [0.1, 0.15) is 11.4 Å². The molecule has 2 heterocycles. The first kappa shape index (κ1) is 20.8. The van der Waals surface area contributed by atoms with Crippen LogP contribution in [0, 0.1) is 13.8 Å². The van der Waals surface area contributed by atoms with Crippen molar-refractivity contribution in [1.82, 2.24) is 20.5 Å². The van der Waals surface area contributed by atoms with Crippen molar-refractivity contribution in [1.29, 1.82) is 0 Å². The summed E-state index contributed by atoms with van der Waals surface area (Å²) in [7, 11) is 3.38. The normalized spacial score (nSPS) is 15.2. The molecule has 1 aliphatic rings. The van der Waals surface area contributed by atoms with Crippen LogP contribution in [0.3, 0.4) is 0 Å². The Balaban J connectivity index is 1.84. The number of ether oxygens (including phenoxy) is 2. The summed E-state index contributed by atoms with van der Waals surface area (Å²) in [5.74, 6) is 1.53. The molecule has 0 bridgehead atoms. The fraction of sp³-hybridized carbons (Fsp3) is 0.632. The first-order valence-corrected chi connectivity index (χ1v) is 9.08. The van der Waals surface area contributed by atoms with Gasteiger partial charge < -0.3 is 25.0 Å². The molecule has 1 aromatic rings. The number of hydrogen-bond acceptors (Lipinski definition) is 5. The fourth-order valence-electron chi connectivity index (χ4n) is 2.85. The second-order valence-electron chi connectivity index (χ2n) is 7.70. The molecular weight excluding hydrogens is 346 g/mol. The van der Waals surface area contributed by atoms with E-state index in [0.717, 1.165) is 22.6 Å². The van der Waals surface area contributed by atoms with Crippen LogP contribution in [0.25, 0.3) is 0 Å². The molecule has 2 N–H and O–H groups in total. The maximum absolute atomic E-state index is 12.0. The van der Waals surface area contributed by atoms with Crippen molar-refractivity contribution in [3.8, 4) is 5.75 Å². The number of amides is 1. The maximum atomic E-state index is 12.0. The molecule has 8 nitrogen and oxygen atoms in total. The van der Waals surface area contributed by atoms with Crippen LogP contribution in [0.5, 0.6) is 5.75 Å². The Labute approximate surface area is 161 Å². The molecule has 2 rings (SSSR count). The number of rotatable bonds is 4. The highest BCUT2D eigenvalue weighted by Gasteiger charge is 2.34. The Morgan fingerprint density at radius 2 is 2.04 bits per heavy atom. The summed E-state index contributed by atoms with van der Waals surface area (Å²) in [6.45, 7) is 11.3. The quantitative estimate of drug-likeness (QED) is 0.616. The van der Waals surface area contributed by atoms with E-state index in [2.05, 4.69) is 20.6 Å². The molecule has 0 saturated carbocycles. The minimum atomic E-state index is -0.479. The van der Waals surface area contributed by atoms with Gasteiger partial charge in [-0.05, 0) is 34.6 Å². The SMILES string of the molecule is CN=C(NCc1ncc(C)c(OC)c1C)NC1CN(C(=O)OC(C)(C)C)C1. The van der Waals surface area contributed by atoms with Gasteiger partial charge in [-0.15, -0.1) is 0 Å².